The molecular formula is C12H15Br2ClOS. The third kappa shape index (κ3) is 4.20. The van der Waals surface area contributed by atoms with Crippen LogP contribution in [0.15, 0.2) is 13.6 Å². The second-order valence-corrected chi connectivity index (χ2v) is 8.59. The van der Waals surface area contributed by atoms with Crippen molar-refractivity contribution in [1.82, 2.24) is 0 Å². The van der Waals surface area contributed by atoms with Gasteiger partial charge in [0.05, 0.1) is 19.1 Å². The Kier molecular flexibility index (Phi) is 5.81. The number of ether oxygens (including phenoxy) is 1. The summed E-state index contributed by atoms with van der Waals surface area (Å²) < 4.78 is 7.98. The number of hydrogen-bond acceptors (Lipinski definition) is 2. The maximum Gasteiger partial charge on any atom is 0.0757 e. The molecule has 1 aliphatic rings. The molecule has 2 atom stereocenters. The molecule has 2 unspecified atom stereocenters. The predicted molar refractivity (Wildman–Crippen MR) is 81.1 cm³/mol. The van der Waals surface area contributed by atoms with Crippen molar-refractivity contribution in [3.63, 3.8) is 0 Å². The summed E-state index contributed by atoms with van der Waals surface area (Å²) in [5, 5.41) is 0.0810. The van der Waals surface area contributed by atoms with Crippen molar-refractivity contribution < 1.29 is 4.74 Å². The quantitative estimate of drug-likeness (QED) is 0.570. The van der Waals surface area contributed by atoms with Crippen LogP contribution in [0.1, 0.15) is 43.0 Å². The lowest BCUT2D eigenvalue weighted by Gasteiger charge is -2.23. The highest BCUT2D eigenvalue weighted by Gasteiger charge is 2.19. The van der Waals surface area contributed by atoms with E-state index in [1.165, 1.54) is 24.8 Å². The number of halogens is 3. The Bertz CT molecular complexity index is 363. The van der Waals surface area contributed by atoms with Crippen molar-refractivity contribution in [3.05, 3.63) is 19.2 Å². The summed E-state index contributed by atoms with van der Waals surface area (Å²) >= 11 is 15.2. The fourth-order valence-electron chi connectivity index (χ4n) is 2.09. The maximum absolute atomic E-state index is 6.44. The molecule has 5 heteroatoms. The normalized spacial score (nSPS) is 22.6. The molecule has 2 rings (SSSR count). The Balaban J connectivity index is 1.84. The fraction of sp³-hybridized carbons (Fsp3) is 0.667. The van der Waals surface area contributed by atoms with E-state index in [0.717, 1.165) is 27.0 Å². The van der Waals surface area contributed by atoms with Gasteiger partial charge in [0.2, 0.25) is 0 Å². The third-order valence-electron chi connectivity index (χ3n) is 3.04. The van der Waals surface area contributed by atoms with Gasteiger partial charge in [0, 0.05) is 6.61 Å². The van der Waals surface area contributed by atoms with E-state index in [9.17, 15) is 0 Å². The maximum atomic E-state index is 6.44. The number of thiophene rings is 1. The van der Waals surface area contributed by atoms with Gasteiger partial charge in [0.1, 0.15) is 0 Å². The monoisotopic (exact) mass is 400 g/mol. The van der Waals surface area contributed by atoms with Crippen LogP contribution in [-0.2, 0) is 4.74 Å². The van der Waals surface area contributed by atoms with Crippen molar-refractivity contribution in [2.24, 2.45) is 0 Å². The first kappa shape index (κ1) is 14.3. The van der Waals surface area contributed by atoms with E-state index < -0.39 is 0 Å². The lowest BCUT2D eigenvalue weighted by atomic mass is 10.0. The van der Waals surface area contributed by atoms with Gasteiger partial charge in [-0.1, -0.05) is 0 Å². The highest BCUT2D eigenvalue weighted by molar-refractivity contribution is 9.12. The van der Waals surface area contributed by atoms with Crippen molar-refractivity contribution in [3.8, 4) is 0 Å². The molecule has 1 aromatic rings. The number of rotatable bonds is 4. The van der Waals surface area contributed by atoms with Crippen molar-refractivity contribution in [2.75, 3.05) is 6.61 Å². The molecule has 0 aromatic carbocycles. The molecular weight excluding hydrogens is 387 g/mol. The van der Waals surface area contributed by atoms with Crippen molar-refractivity contribution in [1.29, 1.82) is 0 Å². The molecule has 17 heavy (non-hydrogen) atoms. The molecule has 0 N–H and O–H groups in total. The summed E-state index contributed by atoms with van der Waals surface area (Å²) in [7, 11) is 0. The van der Waals surface area contributed by atoms with Gasteiger partial charge in [-0.2, -0.15) is 0 Å². The van der Waals surface area contributed by atoms with E-state index >= 15 is 0 Å². The molecule has 0 aliphatic carbocycles. The molecule has 0 bridgehead atoms. The highest BCUT2D eigenvalue weighted by atomic mass is 79.9. The zero-order chi connectivity index (χ0) is 12.3. The van der Waals surface area contributed by atoms with Gasteiger partial charge in [0.25, 0.3) is 0 Å². The van der Waals surface area contributed by atoms with Crippen molar-refractivity contribution >= 4 is 54.8 Å². The van der Waals surface area contributed by atoms with Gasteiger partial charge in [0.15, 0.2) is 0 Å². The van der Waals surface area contributed by atoms with Crippen LogP contribution >= 0.6 is 54.8 Å². The number of hydrogen-bond donors (Lipinski definition) is 0. The molecule has 0 amide bonds. The second kappa shape index (κ2) is 6.90. The molecule has 96 valence electrons. The summed E-state index contributed by atoms with van der Waals surface area (Å²) in [6.45, 7) is 0.922. The predicted octanol–water partition coefficient (Wildman–Crippen LogP) is 5.90. The zero-order valence-electron chi connectivity index (χ0n) is 9.43. The minimum absolute atomic E-state index is 0.0810. The molecule has 0 spiro atoms. The Labute approximate surface area is 128 Å². The topological polar surface area (TPSA) is 9.23 Å². The summed E-state index contributed by atoms with van der Waals surface area (Å²) in [6, 6.07) is 2.11. The van der Waals surface area contributed by atoms with E-state index in [0.29, 0.717) is 6.10 Å². The molecule has 1 nitrogen and oxygen atoms in total. The van der Waals surface area contributed by atoms with Crippen molar-refractivity contribution in [2.45, 2.75) is 43.6 Å². The fourth-order valence-corrected chi connectivity index (χ4v) is 5.56. The Morgan fingerprint density at radius 2 is 2.29 bits per heavy atom. The van der Waals surface area contributed by atoms with Gasteiger partial charge in [-0.25, -0.2) is 0 Å². The van der Waals surface area contributed by atoms with Gasteiger partial charge >= 0.3 is 0 Å². The minimum atomic E-state index is 0.0810. The van der Waals surface area contributed by atoms with E-state index in [1.807, 2.05) is 0 Å². The second-order valence-electron chi connectivity index (χ2n) is 4.31. The van der Waals surface area contributed by atoms with Crippen LogP contribution in [0.4, 0.5) is 0 Å². The average molecular weight is 403 g/mol. The van der Waals surface area contributed by atoms with Crippen LogP contribution < -0.4 is 0 Å². The number of alkyl halides is 1. The third-order valence-corrected chi connectivity index (χ3v) is 5.88. The molecule has 1 aliphatic heterocycles. The van der Waals surface area contributed by atoms with E-state index in [-0.39, 0.29) is 5.38 Å². The summed E-state index contributed by atoms with van der Waals surface area (Å²) in [6.07, 6.45) is 6.17. The highest BCUT2D eigenvalue weighted by Crippen LogP contribution is 2.40. The zero-order valence-corrected chi connectivity index (χ0v) is 14.2. The van der Waals surface area contributed by atoms with Crippen LogP contribution in [0.2, 0.25) is 0 Å². The Morgan fingerprint density at radius 1 is 1.47 bits per heavy atom. The molecule has 1 fully saturated rings. The molecule has 1 saturated heterocycles. The first-order valence-corrected chi connectivity index (χ1v) is 8.71. The first-order chi connectivity index (χ1) is 8.16. The Hall–Kier alpha value is 0.910. The van der Waals surface area contributed by atoms with Crippen LogP contribution in [0.25, 0.3) is 0 Å². The van der Waals surface area contributed by atoms with Gasteiger partial charge in [-0.05, 0) is 75.6 Å². The summed E-state index contributed by atoms with van der Waals surface area (Å²) in [5.41, 5.74) is 1.19. The van der Waals surface area contributed by atoms with Crippen LogP contribution in [-0.4, -0.2) is 12.7 Å². The summed E-state index contributed by atoms with van der Waals surface area (Å²) in [5.74, 6) is 0. The van der Waals surface area contributed by atoms with Gasteiger partial charge in [-0.15, -0.1) is 22.9 Å². The van der Waals surface area contributed by atoms with Gasteiger partial charge < -0.3 is 4.74 Å². The lowest BCUT2D eigenvalue weighted by Crippen LogP contribution is -2.19. The minimum Gasteiger partial charge on any atom is -0.378 e. The van der Waals surface area contributed by atoms with Gasteiger partial charge in [-0.3, -0.25) is 0 Å². The van der Waals surface area contributed by atoms with E-state index in [1.54, 1.807) is 11.3 Å². The van der Waals surface area contributed by atoms with Crippen LogP contribution in [0.3, 0.4) is 0 Å². The average Bonchev–Trinajstić information content (AvgIpc) is 2.67. The van der Waals surface area contributed by atoms with Crippen LogP contribution in [0.5, 0.6) is 0 Å². The SMILES string of the molecule is ClC(CCC1CCCCO1)c1cc(Br)sc1Br. The molecule has 0 saturated carbocycles. The lowest BCUT2D eigenvalue weighted by molar-refractivity contribution is 0.0100. The smallest absolute Gasteiger partial charge is 0.0757 e. The van der Waals surface area contributed by atoms with E-state index in [2.05, 4.69) is 37.9 Å². The largest absolute Gasteiger partial charge is 0.378 e. The standard InChI is InChI=1S/C12H15Br2ClOS/c13-11-7-9(12(14)17-11)10(15)5-4-8-3-1-2-6-16-8/h7-8,10H,1-6H2. The van der Waals surface area contributed by atoms with Crippen LogP contribution in [0, 0.1) is 0 Å². The first-order valence-electron chi connectivity index (χ1n) is 5.87. The molecule has 1 aromatic heterocycles. The molecule has 0 radical (unpaired) electrons. The van der Waals surface area contributed by atoms with E-state index in [4.69, 9.17) is 16.3 Å². The summed E-state index contributed by atoms with van der Waals surface area (Å²) in [4.78, 5) is 0. The Morgan fingerprint density at radius 3 is 2.88 bits per heavy atom. The molecule has 2 heterocycles.